The number of benzene rings is 1. The van der Waals surface area contributed by atoms with Gasteiger partial charge in [0, 0.05) is 35.6 Å². The van der Waals surface area contributed by atoms with Crippen LogP contribution in [-0.2, 0) is 9.59 Å². The Morgan fingerprint density at radius 2 is 2.25 bits per heavy atom. The average Bonchev–Trinajstić information content (AvgIpc) is 2.77. The van der Waals surface area contributed by atoms with Crippen LogP contribution in [0.3, 0.4) is 0 Å². The van der Waals surface area contributed by atoms with Crippen molar-refractivity contribution in [3.63, 3.8) is 0 Å². The van der Waals surface area contributed by atoms with Crippen molar-refractivity contribution in [1.29, 1.82) is 0 Å². The van der Waals surface area contributed by atoms with Crippen LogP contribution in [0.1, 0.15) is 13.3 Å². The minimum atomic E-state index is 0.100. The van der Waals surface area contributed by atoms with E-state index < -0.39 is 0 Å². The molecule has 1 aromatic carbocycles. The number of anilines is 1. The summed E-state index contributed by atoms with van der Waals surface area (Å²) < 4.78 is 0. The van der Waals surface area contributed by atoms with Crippen LogP contribution in [0.2, 0.25) is 5.02 Å². The van der Waals surface area contributed by atoms with E-state index in [0.29, 0.717) is 23.7 Å². The van der Waals surface area contributed by atoms with Gasteiger partial charge in [-0.05, 0) is 30.4 Å². The van der Waals surface area contributed by atoms with Gasteiger partial charge in [0.1, 0.15) is 0 Å². The second kappa shape index (κ2) is 6.87. The molecule has 1 atom stereocenters. The molecule has 0 aliphatic carbocycles. The number of rotatable bonds is 4. The van der Waals surface area contributed by atoms with Crippen molar-refractivity contribution in [2.75, 3.05) is 23.5 Å². The number of amides is 1. The van der Waals surface area contributed by atoms with E-state index in [-0.39, 0.29) is 16.9 Å². The van der Waals surface area contributed by atoms with Gasteiger partial charge < -0.3 is 4.90 Å². The number of halogens is 1. The SMILES string of the molecule is CSc1ccc(Cl)cc1N1CC(CSC(C)=O)CC1=O. The average molecular weight is 330 g/mol. The normalized spacial score (nSPS) is 18.6. The third-order valence-corrected chi connectivity index (χ3v) is 5.22. The maximum Gasteiger partial charge on any atom is 0.227 e. The monoisotopic (exact) mass is 329 g/mol. The third-order valence-electron chi connectivity index (χ3n) is 3.16. The molecule has 1 amide bonds. The summed E-state index contributed by atoms with van der Waals surface area (Å²) >= 11 is 8.94. The van der Waals surface area contributed by atoms with Crippen LogP contribution in [0.25, 0.3) is 0 Å². The van der Waals surface area contributed by atoms with E-state index in [2.05, 4.69) is 0 Å². The molecule has 0 saturated carbocycles. The molecule has 1 aliphatic heterocycles. The first-order valence-electron chi connectivity index (χ1n) is 6.28. The van der Waals surface area contributed by atoms with Gasteiger partial charge in [-0.15, -0.1) is 11.8 Å². The maximum atomic E-state index is 12.2. The Morgan fingerprint density at radius 3 is 2.90 bits per heavy atom. The van der Waals surface area contributed by atoms with E-state index in [1.54, 1.807) is 23.6 Å². The molecule has 0 N–H and O–H groups in total. The van der Waals surface area contributed by atoms with Crippen molar-refractivity contribution >= 4 is 51.8 Å². The molecule has 2 rings (SSSR count). The van der Waals surface area contributed by atoms with Crippen LogP contribution < -0.4 is 4.90 Å². The highest BCUT2D eigenvalue weighted by Gasteiger charge is 2.32. The number of hydrogen-bond donors (Lipinski definition) is 0. The first kappa shape index (κ1) is 15.7. The Hall–Kier alpha value is -0.650. The van der Waals surface area contributed by atoms with Crippen LogP contribution in [0.4, 0.5) is 5.69 Å². The molecule has 1 heterocycles. The quantitative estimate of drug-likeness (QED) is 0.789. The summed E-state index contributed by atoms with van der Waals surface area (Å²) in [7, 11) is 0. The van der Waals surface area contributed by atoms with Gasteiger partial charge in [-0.1, -0.05) is 23.4 Å². The van der Waals surface area contributed by atoms with Crippen LogP contribution in [0, 0.1) is 5.92 Å². The lowest BCUT2D eigenvalue weighted by atomic mass is 10.1. The van der Waals surface area contributed by atoms with E-state index in [4.69, 9.17) is 11.6 Å². The van der Waals surface area contributed by atoms with Gasteiger partial charge >= 0.3 is 0 Å². The van der Waals surface area contributed by atoms with Gasteiger partial charge in [0.05, 0.1) is 5.69 Å². The minimum Gasteiger partial charge on any atom is -0.311 e. The minimum absolute atomic E-state index is 0.100. The largest absolute Gasteiger partial charge is 0.311 e. The van der Waals surface area contributed by atoms with Gasteiger partial charge in [-0.25, -0.2) is 0 Å². The van der Waals surface area contributed by atoms with Gasteiger partial charge in [-0.2, -0.15) is 0 Å². The van der Waals surface area contributed by atoms with Crippen molar-refractivity contribution < 1.29 is 9.59 Å². The molecule has 0 radical (unpaired) electrons. The molecule has 1 saturated heterocycles. The smallest absolute Gasteiger partial charge is 0.227 e. The molecule has 0 bridgehead atoms. The maximum absolute atomic E-state index is 12.2. The third kappa shape index (κ3) is 3.71. The summed E-state index contributed by atoms with van der Waals surface area (Å²) in [6.07, 6.45) is 2.48. The number of carbonyl (C=O) groups is 2. The van der Waals surface area contributed by atoms with E-state index in [1.165, 1.54) is 11.8 Å². The van der Waals surface area contributed by atoms with E-state index in [9.17, 15) is 9.59 Å². The highest BCUT2D eigenvalue weighted by molar-refractivity contribution is 8.13. The lowest BCUT2D eigenvalue weighted by molar-refractivity contribution is -0.117. The molecule has 1 fully saturated rings. The highest BCUT2D eigenvalue weighted by atomic mass is 35.5. The predicted octanol–water partition coefficient (Wildman–Crippen LogP) is 3.69. The zero-order valence-electron chi connectivity index (χ0n) is 11.4. The second-order valence-electron chi connectivity index (χ2n) is 4.69. The Bertz CT molecular complexity index is 536. The standard InChI is InChI=1S/C14H16ClNO2S2/c1-9(17)20-8-10-5-14(18)16(7-10)12-6-11(15)3-4-13(12)19-2/h3-4,6,10H,5,7-8H2,1-2H3. The lowest BCUT2D eigenvalue weighted by Gasteiger charge is -2.20. The first-order chi connectivity index (χ1) is 9.51. The Labute approximate surface area is 132 Å². The molecule has 1 aliphatic rings. The summed E-state index contributed by atoms with van der Waals surface area (Å²) in [4.78, 5) is 26.0. The summed E-state index contributed by atoms with van der Waals surface area (Å²) in [6, 6.07) is 5.61. The topological polar surface area (TPSA) is 37.4 Å². The van der Waals surface area contributed by atoms with Crippen molar-refractivity contribution in [1.82, 2.24) is 0 Å². The van der Waals surface area contributed by atoms with Crippen LogP contribution in [0.15, 0.2) is 23.1 Å². The number of nitrogens with zero attached hydrogens (tertiary/aromatic N) is 1. The first-order valence-corrected chi connectivity index (χ1v) is 8.87. The van der Waals surface area contributed by atoms with E-state index >= 15 is 0 Å². The fourth-order valence-electron chi connectivity index (χ4n) is 2.24. The summed E-state index contributed by atoms with van der Waals surface area (Å²) in [5, 5.41) is 0.732. The van der Waals surface area contributed by atoms with Gasteiger partial charge in [-0.3, -0.25) is 9.59 Å². The van der Waals surface area contributed by atoms with Crippen molar-refractivity contribution in [3.8, 4) is 0 Å². The van der Waals surface area contributed by atoms with Crippen molar-refractivity contribution in [3.05, 3.63) is 23.2 Å². The van der Waals surface area contributed by atoms with E-state index in [0.717, 1.165) is 10.6 Å². The Balaban J connectivity index is 2.15. The fourth-order valence-corrected chi connectivity index (χ4v) is 3.68. The molecular formula is C14H16ClNO2S2. The molecule has 0 spiro atoms. The summed E-state index contributed by atoms with van der Waals surface area (Å²) in [5.41, 5.74) is 0.880. The number of hydrogen-bond acceptors (Lipinski definition) is 4. The lowest BCUT2D eigenvalue weighted by Crippen LogP contribution is -2.25. The van der Waals surface area contributed by atoms with Gasteiger partial charge in [0.2, 0.25) is 5.91 Å². The van der Waals surface area contributed by atoms with Crippen molar-refractivity contribution in [2.45, 2.75) is 18.2 Å². The van der Waals surface area contributed by atoms with Crippen LogP contribution in [-0.4, -0.2) is 29.6 Å². The van der Waals surface area contributed by atoms with Crippen LogP contribution in [0.5, 0.6) is 0 Å². The number of carbonyl (C=O) groups excluding carboxylic acids is 2. The van der Waals surface area contributed by atoms with Crippen LogP contribution >= 0.6 is 35.1 Å². The van der Waals surface area contributed by atoms with Gasteiger partial charge in [0.25, 0.3) is 0 Å². The summed E-state index contributed by atoms with van der Waals surface area (Å²) in [6.45, 7) is 2.22. The zero-order chi connectivity index (χ0) is 14.7. The molecule has 6 heteroatoms. The molecule has 1 unspecified atom stereocenters. The van der Waals surface area contributed by atoms with E-state index in [1.807, 2.05) is 24.5 Å². The highest BCUT2D eigenvalue weighted by Crippen LogP contribution is 2.35. The molecule has 1 aromatic rings. The second-order valence-corrected chi connectivity index (χ2v) is 7.17. The Kier molecular flexibility index (Phi) is 5.41. The van der Waals surface area contributed by atoms with Gasteiger partial charge in [0.15, 0.2) is 5.12 Å². The molecular weight excluding hydrogens is 314 g/mol. The zero-order valence-corrected chi connectivity index (χ0v) is 13.8. The Morgan fingerprint density at radius 1 is 1.50 bits per heavy atom. The fraction of sp³-hybridized carbons (Fsp3) is 0.429. The summed E-state index contributed by atoms with van der Waals surface area (Å²) in [5.74, 6) is 1.04. The molecule has 3 nitrogen and oxygen atoms in total. The molecule has 108 valence electrons. The number of thioether (sulfide) groups is 2. The molecule has 0 aromatic heterocycles. The molecule has 20 heavy (non-hydrogen) atoms. The van der Waals surface area contributed by atoms with Crippen molar-refractivity contribution in [2.24, 2.45) is 5.92 Å². The predicted molar refractivity (Wildman–Crippen MR) is 86.8 cm³/mol.